The second-order valence-corrected chi connectivity index (χ2v) is 4.59. The van der Waals surface area contributed by atoms with Crippen LogP contribution in [0.3, 0.4) is 0 Å². The number of rotatable bonds is 7. The van der Waals surface area contributed by atoms with Crippen LogP contribution in [0.5, 0.6) is 11.5 Å². The smallest absolute Gasteiger partial charge is 0.408 e. The van der Waals surface area contributed by atoms with E-state index < -0.39 is 18.1 Å². The third-order valence-corrected chi connectivity index (χ3v) is 2.87. The van der Waals surface area contributed by atoms with Crippen LogP contribution >= 0.6 is 0 Å². The van der Waals surface area contributed by atoms with Crippen molar-refractivity contribution in [2.45, 2.75) is 25.6 Å². The first-order valence-electron chi connectivity index (χ1n) is 6.68. The fourth-order valence-corrected chi connectivity index (χ4v) is 1.56. The van der Waals surface area contributed by atoms with E-state index >= 15 is 0 Å². The number of hydrogen-bond donors (Lipinski definition) is 2. The van der Waals surface area contributed by atoms with Crippen LogP contribution in [0.2, 0.25) is 0 Å². The number of amides is 1. The number of methoxy groups -OCH3 is 1. The summed E-state index contributed by atoms with van der Waals surface area (Å²) in [7, 11) is 1.43. The van der Waals surface area contributed by atoms with Gasteiger partial charge in [0, 0.05) is 5.56 Å². The van der Waals surface area contributed by atoms with Gasteiger partial charge in [-0.05, 0) is 38.1 Å². The quantitative estimate of drug-likeness (QED) is 0.755. The summed E-state index contributed by atoms with van der Waals surface area (Å²) in [5.74, 6) is -0.170. The summed E-state index contributed by atoms with van der Waals surface area (Å²) in [6, 6.07) is 2.23. The molecule has 1 aromatic carbocycles. The van der Waals surface area contributed by atoms with E-state index in [0.29, 0.717) is 25.3 Å². The first-order valence-corrected chi connectivity index (χ1v) is 6.68. The Morgan fingerprint density at radius 3 is 2.59 bits per heavy atom. The van der Waals surface area contributed by atoms with Gasteiger partial charge >= 0.3 is 6.18 Å². The minimum absolute atomic E-state index is 0.0552. The molecule has 0 heterocycles. The van der Waals surface area contributed by atoms with Crippen LogP contribution in [0.1, 0.15) is 23.7 Å². The molecule has 0 saturated heterocycles. The van der Waals surface area contributed by atoms with Gasteiger partial charge in [0.1, 0.15) is 6.04 Å². The van der Waals surface area contributed by atoms with Crippen molar-refractivity contribution in [2.75, 3.05) is 20.3 Å². The molecule has 0 aromatic heterocycles. The molecule has 1 rings (SSSR count). The molecule has 0 spiro atoms. The lowest BCUT2D eigenvalue weighted by Gasteiger charge is -2.18. The Morgan fingerprint density at radius 1 is 1.36 bits per heavy atom. The summed E-state index contributed by atoms with van der Waals surface area (Å²) < 4.78 is 47.9. The van der Waals surface area contributed by atoms with Crippen molar-refractivity contribution in [3.63, 3.8) is 0 Å². The standard InChI is InChI=1S/C14H19F3N2O3/c1-9(14(15,16)17)19-13(20)10-4-5-11(21-2)12(8-10)22-7-3-6-18/h4-5,8-9H,3,6-7,18H2,1-2H3,(H,19,20)/t9-/m0/s1. The SMILES string of the molecule is COc1ccc(C(=O)N[C@@H](C)C(F)(F)F)cc1OCCCN. The van der Waals surface area contributed by atoms with Gasteiger partial charge in [-0.1, -0.05) is 0 Å². The van der Waals surface area contributed by atoms with Crippen LogP contribution in [-0.4, -0.2) is 38.4 Å². The molecule has 0 aliphatic rings. The van der Waals surface area contributed by atoms with Gasteiger partial charge in [-0.15, -0.1) is 0 Å². The molecule has 3 N–H and O–H groups in total. The van der Waals surface area contributed by atoms with E-state index in [9.17, 15) is 18.0 Å². The van der Waals surface area contributed by atoms with E-state index in [1.807, 2.05) is 5.32 Å². The molecule has 124 valence electrons. The van der Waals surface area contributed by atoms with Gasteiger partial charge in [0.05, 0.1) is 13.7 Å². The Hall–Kier alpha value is -1.96. The van der Waals surface area contributed by atoms with Crippen molar-refractivity contribution in [2.24, 2.45) is 5.73 Å². The van der Waals surface area contributed by atoms with Crippen molar-refractivity contribution >= 4 is 5.91 Å². The highest BCUT2D eigenvalue weighted by atomic mass is 19.4. The Bertz CT molecular complexity index is 507. The minimum atomic E-state index is -4.50. The number of carbonyl (C=O) groups excluding carboxylic acids is 1. The van der Waals surface area contributed by atoms with E-state index in [4.69, 9.17) is 15.2 Å². The Labute approximate surface area is 126 Å². The molecule has 0 bridgehead atoms. The lowest BCUT2D eigenvalue weighted by Crippen LogP contribution is -2.43. The van der Waals surface area contributed by atoms with Crippen molar-refractivity contribution in [3.05, 3.63) is 23.8 Å². The third kappa shape index (κ3) is 5.10. The second kappa shape index (κ2) is 7.88. The molecular weight excluding hydrogens is 301 g/mol. The number of benzene rings is 1. The molecule has 0 fully saturated rings. The Morgan fingerprint density at radius 2 is 2.05 bits per heavy atom. The summed E-state index contributed by atoms with van der Waals surface area (Å²) in [6.45, 7) is 1.63. The normalized spacial score (nSPS) is 12.6. The molecule has 0 saturated carbocycles. The zero-order valence-electron chi connectivity index (χ0n) is 12.4. The van der Waals surface area contributed by atoms with Crippen molar-refractivity contribution in [1.29, 1.82) is 0 Å². The number of hydrogen-bond acceptors (Lipinski definition) is 4. The average molecular weight is 320 g/mol. The molecule has 1 aromatic rings. The first-order chi connectivity index (χ1) is 10.3. The molecule has 0 aliphatic carbocycles. The van der Waals surface area contributed by atoms with Gasteiger partial charge in [0.25, 0.3) is 5.91 Å². The molecule has 1 atom stereocenters. The lowest BCUT2D eigenvalue weighted by atomic mass is 10.1. The average Bonchev–Trinajstić information content (AvgIpc) is 2.46. The van der Waals surface area contributed by atoms with Crippen LogP contribution in [0.15, 0.2) is 18.2 Å². The predicted molar refractivity (Wildman–Crippen MR) is 75.1 cm³/mol. The maximum Gasteiger partial charge on any atom is 0.408 e. The van der Waals surface area contributed by atoms with E-state index in [1.165, 1.54) is 25.3 Å². The molecule has 1 amide bonds. The first kappa shape index (κ1) is 18.1. The van der Waals surface area contributed by atoms with Gasteiger partial charge in [-0.25, -0.2) is 0 Å². The highest BCUT2D eigenvalue weighted by Gasteiger charge is 2.37. The minimum Gasteiger partial charge on any atom is -0.493 e. The van der Waals surface area contributed by atoms with Crippen LogP contribution in [0, 0.1) is 0 Å². The number of ether oxygens (including phenoxy) is 2. The van der Waals surface area contributed by atoms with Gasteiger partial charge in [0.2, 0.25) is 0 Å². The van der Waals surface area contributed by atoms with Gasteiger partial charge in [0.15, 0.2) is 11.5 Å². The Kier molecular flexibility index (Phi) is 6.48. The highest BCUT2D eigenvalue weighted by Crippen LogP contribution is 2.28. The third-order valence-electron chi connectivity index (χ3n) is 2.87. The number of halogens is 3. The van der Waals surface area contributed by atoms with Crippen molar-refractivity contribution < 1.29 is 27.4 Å². The lowest BCUT2D eigenvalue weighted by molar-refractivity contribution is -0.149. The summed E-state index contributed by atoms with van der Waals surface area (Å²) >= 11 is 0. The zero-order valence-corrected chi connectivity index (χ0v) is 12.4. The van der Waals surface area contributed by atoms with Gasteiger partial charge in [-0.2, -0.15) is 13.2 Å². The van der Waals surface area contributed by atoms with Crippen molar-refractivity contribution in [1.82, 2.24) is 5.32 Å². The van der Waals surface area contributed by atoms with E-state index in [2.05, 4.69) is 0 Å². The van der Waals surface area contributed by atoms with Crippen LogP contribution in [0.25, 0.3) is 0 Å². The van der Waals surface area contributed by atoms with Crippen LogP contribution in [-0.2, 0) is 0 Å². The second-order valence-electron chi connectivity index (χ2n) is 4.59. The summed E-state index contributed by atoms with van der Waals surface area (Å²) in [6.07, 6.45) is -3.90. The monoisotopic (exact) mass is 320 g/mol. The maximum atomic E-state index is 12.5. The fourth-order valence-electron chi connectivity index (χ4n) is 1.56. The molecular formula is C14H19F3N2O3. The maximum absolute atomic E-state index is 12.5. The Balaban J connectivity index is 2.86. The molecule has 5 nitrogen and oxygen atoms in total. The predicted octanol–water partition coefficient (Wildman–Crippen LogP) is 2.10. The largest absolute Gasteiger partial charge is 0.493 e. The van der Waals surface area contributed by atoms with Crippen LogP contribution in [0.4, 0.5) is 13.2 Å². The fraction of sp³-hybridized carbons (Fsp3) is 0.500. The molecule has 8 heteroatoms. The molecule has 0 radical (unpaired) electrons. The van der Waals surface area contributed by atoms with E-state index in [0.717, 1.165) is 6.92 Å². The molecule has 0 aliphatic heterocycles. The zero-order chi connectivity index (χ0) is 16.8. The number of carbonyl (C=O) groups is 1. The summed E-state index contributed by atoms with van der Waals surface area (Å²) in [5.41, 5.74) is 5.41. The van der Waals surface area contributed by atoms with Crippen LogP contribution < -0.4 is 20.5 Å². The van der Waals surface area contributed by atoms with E-state index in [1.54, 1.807) is 0 Å². The number of alkyl halides is 3. The highest BCUT2D eigenvalue weighted by molar-refractivity contribution is 5.95. The topological polar surface area (TPSA) is 73.6 Å². The van der Waals surface area contributed by atoms with Gasteiger partial charge < -0.3 is 20.5 Å². The van der Waals surface area contributed by atoms with E-state index in [-0.39, 0.29) is 11.3 Å². The number of nitrogens with two attached hydrogens (primary N) is 1. The van der Waals surface area contributed by atoms with Crippen molar-refractivity contribution in [3.8, 4) is 11.5 Å². The summed E-state index contributed by atoms with van der Waals surface area (Å²) in [4.78, 5) is 11.9. The molecule has 22 heavy (non-hydrogen) atoms. The molecule has 0 unspecified atom stereocenters. The summed E-state index contributed by atoms with van der Waals surface area (Å²) in [5, 5.41) is 1.89. The number of nitrogens with one attached hydrogen (secondary N) is 1. The van der Waals surface area contributed by atoms with Gasteiger partial charge in [-0.3, -0.25) is 4.79 Å².